The smallest absolute Gasteiger partial charge is 0.170 e. The van der Waals surface area contributed by atoms with Gasteiger partial charge in [-0.25, -0.2) is 4.98 Å². The molecule has 0 saturated carbocycles. The molecule has 4 nitrogen and oxygen atoms in total. The number of aromatic nitrogens is 3. The number of aromatic amines is 1. The van der Waals surface area contributed by atoms with Crippen molar-refractivity contribution in [3.05, 3.63) is 53.7 Å². The van der Waals surface area contributed by atoms with Crippen molar-refractivity contribution in [1.29, 1.82) is 0 Å². The molecule has 21 heavy (non-hydrogen) atoms. The lowest BCUT2D eigenvalue weighted by molar-refractivity contribution is 0.0889. The molecule has 1 aromatic carbocycles. The summed E-state index contributed by atoms with van der Waals surface area (Å²) in [5, 5.41) is 1.06. The van der Waals surface area contributed by atoms with Gasteiger partial charge in [-0.15, -0.1) is 0 Å². The van der Waals surface area contributed by atoms with Gasteiger partial charge in [0.15, 0.2) is 5.78 Å². The van der Waals surface area contributed by atoms with Crippen LogP contribution in [0.2, 0.25) is 0 Å². The van der Waals surface area contributed by atoms with Crippen molar-refractivity contribution in [2.75, 3.05) is 0 Å². The molecular formula is C17H17N3O. The summed E-state index contributed by atoms with van der Waals surface area (Å²) in [6.45, 7) is 2.70. The molecule has 4 rings (SSSR count). The summed E-state index contributed by atoms with van der Waals surface area (Å²) < 4.78 is 2.07. The van der Waals surface area contributed by atoms with Crippen LogP contribution in [0.25, 0.3) is 10.9 Å². The Bertz CT molecular complexity index is 828. The maximum atomic E-state index is 12.9. The Kier molecular flexibility index (Phi) is 2.70. The molecule has 3 aromatic rings. The largest absolute Gasteiger partial charge is 0.358 e. The van der Waals surface area contributed by atoms with Crippen LogP contribution in [0, 0.1) is 12.8 Å². The second-order valence-corrected chi connectivity index (χ2v) is 5.75. The van der Waals surface area contributed by atoms with Crippen molar-refractivity contribution < 1.29 is 4.79 Å². The first-order valence-electron chi connectivity index (χ1n) is 7.35. The standard InChI is InChI=1S/C17H17N3O/c1-11-18-8-9-20(11)10-12-6-7-15-16(17(12)21)13-4-2-3-5-14(13)19-15/h2-5,8-9,12,19H,6-7,10H2,1H3. The van der Waals surface area contributed by atoms with E-state index in [1.165, 1.54) is 0 Å². The number of fused-ring (bicyclic) bond motifs is 3. The van der Waals surface area contributed by atoms with Crippen molar-refractivity contribution in [1.82, 2.24) is 14.5 Å². The molecule has 1 aliphatic rings. The fourth-order valence-electron chi connectivity index (χ4n) is 3.33. The number of aryl methyl sites for hydroxylation is 2. The molecule has 106 valence electrons. The summed E-state index contributed by atoms with van der Waals surface area (Å²) in [6, 6.07) is 8.07. The highest BCUT2D eigenvalue weighted by molar-refractivity contribution is 6.10. The predicted octanol–water partition coefficient (Wildman–Crippen LogP) is 3.12. The summed E-state index contributed by atoms with van der Waals surface area (Å²) in [4.78, 5) is 20.5. The first kappa shape index (κ1) is 12.4. The quantitative estimate of drug-likeness (QED) is 0.783. The fraction of sp³-hybridized carbons (Fsp3) is 0.294. The Morgan fingerprint density at radius 2 is 2.24 bits per heavy atom. The molecule has 2 heterocycles. The van der Waals surface area contributed by atoms with E-state index in [2.05, 4.69) is 14.5 Å². The van der Waals surface area contributed by atoms with Crippen LogP contribution in [0.5, 0.6) is 0 Å². The average Bonchev–Trinajstić information content (AvgIpc) is 3.06. The van der Waals surface area contributed by atoms with Crippen LogP contribution in [0.1, 0.15) is 28.3 Å². The number of benzene rings is 1. The number of Topliss-reactive ketones (excluding diaryl/α,β-unsaturated/α-hetero) is 1. The van der Waals surface area contributed by atoms with Crippen molar-refractivity contribution in [2.24, 2.45) is 5.92 Å². The highest BCUT2D eigenvalue weighted by Gasteiger charge is 2.30. The molecular weight excluding hydrogens is 262 g/mol. The van der Waals surface area contributed by atoms with Gasteiger partial charge in [-0.05, 0) is 25.8 Å². The summed E-state index contributed by atoms with van der Waals surface area (Å²) >= 11 is 0. The SMILES string of the molecule is Cc1nccn1CC1CCc2[nH]c3ccccc3c2C1=O. The van der Waals surface area contributed by atoms with E-state index in [9.17, 15) is 4.79 Å². The van der Waals surface area contributed by atoms with E-state index >= 15 is 0 Å². The molecule has 1 N–H and O–H groups in total. The Labute approximate surface area is 122 Å². The molecule has 0 amide bonds. The zero-order valence-electron chi connectivity index (χ0n) is 12.0. The Balaban J connectivity index is 1.73. The van der Waals surface area contributed by atoms with Crippen LogP contribution in [-0.4, -0.2) is 20.3 Å². The molecule has 0 radical (unpaired) electrons. The Morgan fingerprint density at radius 1 is 1.38 bits per heavy atom. The molecule has 0 aliphatic heterocycles. The number of imidazole rings is 1. The number of nitrogens with one attached hydrogen (secondary N) is 1. The van der Waals surface area contributed by atoms with E-state index in [1.807, 2.05) is 37.4 Å². The van der Waals surface area contributed by atoms with Crippen LogP contribution in [-0.2, 0) is 13.0 Å². The minimum Gasteiger partial charge on any atom is -0.358 e. The second-order valence-electron chi connectivity index (χ2n) is 5.75. The van der Waals surface area contributed by atoms with E-state index in [0.29, 0.717) is 0 Å². The summed E-state index contributed by atoms with van der Waals surface area (Å²) in [5.74, 6) is 1.28. The number of hydrogen-bond acceptors (Lipinski definition) is 2. The Hall–Kier alpha value is -2.36. The average molecular weight is 279 g/mol. The van der Waals surface area contributed by atoms with E-state index < -0.39 is 0 Å². The topological polar surface area (TPSA) is 50.7 Å². The number of H-pyrrole nitrogens is 1. The lowest BCUT2D eigenvalue weighted by atomic mass is 9.85. The number of para-hydroxylation sites is 1. The maximum Gasteiger partial charge on any atom is 0.170 e. The zero-order valence-corrected chi connectivity index (χ0v) is 12.0. The van der Waals surface area contributed by atoms with Gasteiger partial charge in [-0.2, -0.15) is 0 Å². The zero-order chi connectivity index (χ0) is 14.4. The molecule has 0 saturated heterocycles. The number of hydrogen-bond donors (Lipinski definition) is 1. The van der Waals surface area contributed by atoms with Crippen LogP contribution >= 0.6 is 0 Å². The minimum atomic E-state index is 0.0459. The number of ketones is 1. The van der Waals surface area contributed by atoms with Crippen molar-refractivity contribution in [2.45, 2.75) is 26.3 Å². The van der Waals surface area contributed by atoms with Crippen molar-refractivity contribution in [3.63, 3.8) is 0 Å². The van der Waals surface area contributed by atoms with Crippen LogP contribution in [0.4, 0.5) is 0 Å². The van der Waals surface area contributed by atoms with Crippen LogP contribution in [0.3, 0.4) is 0 Å². The van der Waals surface area contributed by atoms with Crippen LogP contribution < -0.4 is 0 Å². The molecule has 2 aromatic heterocycles. The van der Waals surface area contributed by atoms with Gasteiger partial charge in [0.05, 0.1) is 0 Å². The summed E-state index contributed by atoms with van der Waals surface area (Å²) in [7, 11) is 0. The lowest BCUT2D eigenvalue weighted by Gasteiger charge is -2.22. The Morgan fingerprint density at radius 3 is 3.05 bits per heavy atom. The van der Waals surface area contributed by atoms with E-state index in [-0.39, 0.29) is 11.7 Å². The van der Waals surface area contributed by atoms with E-state index in [4.69, 9.17) is 0 Å². The van der Waals surface area contributed by atoms with Gasteiger partial charge in [0.25, 0.3) is 0 Å². The number of carbonyl (C=O) groups is 1. The van der Waals surface area contributed by atoms with Crippen molar-refractivity contribution >= 4 is 16.7 Å². The third-order valence-corrected chi connectivity index (χ3v) is 4.48. The molecule has 1 aliphatic carbocycles. The van der Waals surface area contributed by atoms with Crippen LogP contribution in [0.15, 0.2) is 36.7 Å². The van der Waals surface area contributed by atoms with Gasteiger partial charge in [0, 0.05) is 47.0 Å². The molecule has 0 spiro atoms. The third-order valence-electron chi connectivity index (χ3n) is 4.48. The maximum absolute atomic E-state index is 12.9. The van der Waals surface area contributed by atoms with E-state index in [0.717, 1.165) is 47.4 Å². The summed E-state index contributed by atoms with van der Waals surface area (Å²) in [6.07, 6.45) is 5.58. The van der Waals surface area contributed by atoms with Gasteiger partial charge in [-0.3, -0.25) is 4.79 Å². The minimum absolute atomic E-state index is 0.0459. The molecule has 4 heteroatoms. The molecule has 0 fully saturated rings. The predicted molar refractivity (Wildman–Crippen MR) is 81.4 cm³/mol. The number of carbonyl (C=O) groups excluding carboxylic acids is 1. The molecule has 1 atom stereocenters. The second kappa shape index (κ2) is 4.58. The van der Waals surface area contributed by atoms with Gasteiger partial charge >= 0.3 is 0 Å². The molecule has 0 bridgehead atoms. The van der Waals surface area contributed by atoms with Gasteiger partial charge in [0.2, 0.25) is 0 Å². The van der Waals surface area contributed by atoms with Gasteiger partial charge in [0.1, 0.15) is 5.82 Å². The number of rotatable bonds is 2. The van der Waals surface area contributed by atoms with Gasteiger partial charge in [-0.1, -0.05) is 18.2 Å². The highest BCUT2D eigenvalue weighted by Crippen LogP contribution is 2.32. The van der Waals surface area contributed by atoms with E-state index in [1.54, 1.807) is 6.20 Å². The monoisotopic (exact) mass is 279 g/mol. The lowest BCUT2D eigenvalue weighted by Crippen LogP contribution is -2.26. The summed E-state index contributed by atoms with van der Waals surface area (Å²) in [5.41, 5.74) is 3.06. The normalized spacial score (nSPS) is 18.1. The first-order valence-corrected chi connectivity index (χ1v) is 7.35. The van der Waals surface area contributed by atoms with Crippen molar-refractivity contribution in [3.8, 4) is 0 Å². The first-order chi connectivity index (χ1) is 10.2. The molecule has 1 unspecified atom stereocenters. The highest BCUT2D eigenvalue weighted by atomic mass is 16.1. The third kappa shape index (κ3) is 1.90. The van der Waals surface area contributed by atoms with Gasteiger partial charge < -0.3 is 9.55 Å². The number of nitrogens with zero attached hydrogens (tertiary/aromatic N) is 2. The fourth-order valence-corrected chi connectivity index (χ4v) is 3.33.